The van der Waals surface area contributed by atoms with E-state index in [1.54, 1.807) is 12.4 Å². The minimum Gasteiger partial charge on any atom is -0.358 e. The Balaban J connectivity index is 0.00000144. The average molecular weight is 322 g/mol. The Morgan fingerprint density at radius 2 is 1.29 bits per heavy atom. The fourth-order valence-corrected chi connectivity index (χ4v) is 2.47. The van der Waals surface area contributed by atoms with E-state index in [1.165, 1.54) is 11.1 Å². The summed E-state index contributed by atoms with van der Waals surface area (Å²) in [6.07, 6.45) is 15.7. The van der Waals surface area contributed by atoms with Crippen molar-refractivity contribution in [2.45, 2.75) is 13.1 Å². The van der Waals surface area contributed by atoms with Crippen LogP contribution in [0.3, 0.4) is 0 Å². The molecule has 3 aromatic rings. The number of hydrogen-bond acceptors (Lipinski definition) is 0. The van der Waals surface area contributed by atoms with Gasteiger partial charge in [0.1, 0.15) is 37.9 Å². The van der Waals surface area contributed by atoms with Crippen LogP contribution in [-0.2, 0) is 13.1 Å². The smallest absolute Gasteiger partial charge is 0.248 e. The molecule has 0 aliphatic rings. The van der Waals surface area contributed by atoms with Gasteiger partial charge in [0.15, 0.2) is 0 Å². The molecule has 0 bridgehead atoms. The summed E-state index contributed by atoms with van der Waals surface area (Å²) in [4.78, 5) is 0. The van der Waals surface area contributed by atoms with Gasteiger partial charge in [-0.15, -0.1) is 0 Å². The van der Waals surface area contributed by atoms with Crippen LogP contribution in [0.25, 0.3) is 12.4 Å². The predicted molar refractivity (Wildman–Crippen MR) is 99.5 cm³/mol. The van der Waals surface area contributed by atoms with Crippen LogP contribution < -0.4 is 9.13 Å². The van der Waals surface area contributed by atoms with E-state index in [-0.39, 0.29) is 14.9 Å². The van der Waals surface area contributed by atoms with Crippen molar-refractivity contribution in [2.75, 3.05) is 0 Å². The Hall–Kier alpha value is -2.88. The lowest BCUT2D eigenvalue weighted by Crippen LogP contribution is -2.32. The molecule has 0 aliphatic carbocycles. The molecule has 2 aromatic heterocycles. The van der Waals surface area contributed by atoms with Crippen molar-refractivity contribution in [3.05, 3.63) is 101 Å². The van der Waals surface area contributed by atoms with Gasteiger partial charge in [0, 0.05) is 0 Å². The average Bonchev–Trinajstić information content (AvgIpc) is 3.16. The van der Waals surface area contributed by atoms with E-state index in [1.807, 2.05) is 46.6 Å². The number of rotatable bonds is 6. The number of hydrogen-bond donors (Lipinski definition) is 0. The molecule has 0 unspecified atom stereocenters. The highest BCUT2D eigenvalue weighted by Crippen LogP contribution is 2.05. The highest BCUT2D eigenvalue weighted by molar-refractivity contribution is 5.22. The van der Waals surface area contributed by atoms with E-state index < -0.39 is 0 Å². The van der Waals surface area contributed by atoms with E-state index in [4.69, 9.17) is 0 Å². The third kappa shape index (κ3) is 4.56. The molecule has 0 fully saturated rings. The summed E-state index contributed by atoms with van der Waals surface area (Å²) in [5, 5.41) is 0. The largest absolute Gasteiger partial charge is 0.358 e. The summed E-state index contributed by atoms with van der Waals surface area (Å²) < 4.78 is 8.17. The van der Waals surface area contributed by atoms with Crippen molar-refractivity contribution in [2.24, 2.45) is 0 Å². The normalized spacial score (nSPS) is 9.67. The third-order valence-corrected chi connectivity index (χ3v) is 3.57. The highest BCUT2D eigenvalue weighted by atomic mass is 15.1. The maximum Gasteiger partial charge on any atom is 0.248 e. The molecule has 0 N–H and O–H groups in total. The molecule has 2 heterocycles. The van der Waals surface area contributed by atoms with Gasteiger partial charge in [0.2, 0.25) is 12.7 Å². The molecule has 1 aromatic carbocycles. The van der Waals surface area contributed by atoms with Crippen LogP contribution in [0.5, 0.6) is 0 Å². The van der Waals surface area contributed by atoms with Crippen molar-refractivity contribution >= 4 is 12.4 Å². The van der Waals surface area contributed by atoms with Gasteiger partial charge < -0.3 is 14.9 Å². The van der Waals surface area contributed by atoms with E-state index in [9.17, 15) is 0 Å². The number of aromatic nitrogens is 4. The first-order valence-electron chi connectivity index (χ1n) is 7.23. The number of benzene rings is 1. The first-order chi connectivity index (χ1) is 10.8. The second-order valence-corrected chi connectivity index (χ2v) is 5.25. The standard InChI is InChI=1S/C18H20N4.2CH3/c1-3-19-8-10-21(15-19)13-17-6-5-7-18(12-17)14-22-11-9-20(4-2)16-22;;/h3-12,15-16H,1-2,13-14H2;2*1H3/q+2;2*-1. The first-order valence-corrected chi connectivity index (χ1v) is 7.23. The summed E-state index contributed by atoms with van der Waals surface area (Å²) in [5.74, 6) is 0. The second-order valence-electron chi connectivity index (χ2n) is 5.25. The van der Waals surface area contributed by atoms with Gasteiger partial charge in [-0.2, -0.15) is 0 Å². The topological polar surface area (TPSA) is 17.6 Å². The Morgan fingerprint density at radius 3 is 1.67 bits per heavy atom. The van der Waals surface area contributed by atoms with Crippen molar-refractivity contribution < 1.29 is 9.13 Å². The predicted octanol–water partition coefficient (Wildman–Crippen LogP) is 3.06. The van der Waals surface area contributed by atoms with Crippen LogP contribution >= 0.6 is 0 Å². The van der Waals surface area contributed by atoms with Crippen LogP contribution in [0.4, 0.5) is 0 Å². The van der Waals surface area contributed by atoms with Crippen LogP contribution in [0.2, 0.25) is 0 Å². The van der Waals surface area contributed by atoms with Gasteiger partial charge in [0.25, 0.3) is 0 Å². The molecule has 3 rings (SSSR count). The van der Waals surface area contributed by atoms with Gasteiger partial charge in [-0.1, -0.05) is 31.4 Å². The zero-order chi connectivity index (χ0) is 15.4. The summed E-state index contributed by atoms with van der Waals surface area (Å²) >= 11 is 0. The molecule has 4 nitrogen and oxygen atoms in total. The molecule has 0 aliphatic heterocycles. The van der Waals surface area contributed by atoms with Gasteiger partial charge in [-0.3, -0.25) is 0 Å². The highest BCUT2D eigenvalue weighted by Gasteiger charge is 2.06. The molecule has 0 radical (unpaired) electrons. The van der Waals surface area contributed by atoms with Crippen molar-refractivity contribution in [3.8, 4) is 0 Å². The Morgan fingerprint density at radius 1 is 0.833 bits per heavy atom. The maximum absolute atomic E-state index is 3.76. The van der Waals surface area contributed by atoms with Crippen molar-refractivity contribution in [1.82, 2.24) is 9.13 Å². The summed E-state index contributed by atoms with van der Waals surface area (Å²) in [6, 6.07) is 8.67. The van der Waals surface area contributed by atoms with Crippen molar-refractivity contribution in [1.29, 1.82) is 0 Å². The lowest BCUT2D eigenvalue weighted by Gasteiger charge is -2.02. The molecule has 0 saturated carbocycles. The molecule has 0 saturated heterocycles. The van der Waals surface area contributed by atoms with E-state index >= 15 is 0 Å². The minimum absolute atomic E-state index is 0. The Kier molecular flexibility index (Phi) is 6.93. The fourth-order valence-electron chi connectivity index (χ4n) is 2.47. The summed E-state index contributed by atoms with van der Waals surface area (Å²) in [7, 11) is 0. The Bertz CT molecular complexity index is 732. The van der Waals surface area contributed by atoms with Gasteiger partial charge in [-0.25, -0.2) is 18.3 Å². The van der Waals surface area contributed by atoms with Crippen molar-refractivity contribution in [3.63, 3.8) is 0 Å². The molecule has 4 heteroatoms. The van der Waals surface area contributed by atoms with E-state index in [0.717, 1.165) is 13.1 Å². The lowest BCUT2D eigenvalue weighted by atomic mass is 10.1. The van der Waals surface area contributed by atoms with Gasteiger partial charge in [-0.05, 0) is 17.2 Å². The quantitative estimate of drug-likeness (QED) is 0.490. The van der Waals surface area contributed by atoms with E-state index in [0.29, 0.717) is 0 Å². The maximum atomic E-state index is 3.76. The minimum atomic E-state index is 0. The molecule has 24 heavy (non-hydrogen) atoms. The van der Waals surface area contributed by atoms with Gasteiger partial charge in [0.05, 0.1) is 12.4 Å². The lowest BCUT2D eigenvalue weighted by molar-refractivity contribution is -0.688. The number of imidazole rings is 2. The zero-order valence-electron chi connectivity index (χ0n) is 14.5. The van der Waals surface area contributed by atoms with E-state index in [2.05, 4.69) is 46.6 Å². The van der Waals surface area contributed by atoms with Crippen LogP contribution in [0.1, 0.15) is 11.1 Å². The zero-order valence-corrected chi connectivity index (χ0v) is 14.5. The molecule has 0 amide bonds. The third-order valence-electron chi connectivity index (χ3n) is 3.57. The van der Waals surface area contributed by atoms with Crippen LogP contribution in [0, 0.1) is 14.9 Å². The molecule has 126 valence electrons. The van der Waals surface area contributed by atoms with Crippen LogP contribution in [0.15, 0.2) is 74.9 Å². The molecular weight excluding hydrogens is 296 g/mol. The summed E-state index contributed by atoms with van der Waals surface area (Å²) in [6.45, 7) is 9.23. The molecule has 0 atom stereocenters. The van der Waals surface area contributed by atoms with Crippen LogP contribution in [-0.4, -0.2) is 9.13 Å². The second kappa shape index (κ2) is 8.67. The fraction of sp³-hybridized carbons (Fsp3) is 0.100. The van der Waals surface area contributed by atoms with Gasteiger partial charge >= 0.3 is 0 Å². The summed E-state index contributed by atoms with van der Waals surface area (Å²) in [5.41, 5.74) is 2.57. The molecular formula is C20H26N4. The Labute approximate surface area is 145 Å². The first kappa shape index (κ1) is 19.2. The number of nitrogens with zero attached hydrogens (tertiary/aromatic N) is 4. The monoisotopic (exact) mass is 322 g/mol. The molecule has 0 spiro atoms. The SMILES string of the molecule is C=Cn1cc[n+](Cc2cccc(C[n+]3ccn(C=C)c3)c2)c1.[CH3-].[CH3-].